The van der Waals surface area contributed by atoms with Crippen LogP contribution in [-0.4, -0.2) is 34.5 Å². The van der Waals surface area contributed by atoms with Crippen molar-refractivity contribution in [1.82, 2.24) is 4.90 Å². The van der Waals surface area contributed by atoms with Crippen LogP contribution in [0.1, 0.15) is 51.0 Å². The molecule has 0 amide bonds. The van der Waals surface area contributed by atoms with Crippen molar-refractivity contribution >= 4 is 17.1 Å². The molecule has 0 aromatic heterocycles. The van der Waals surface area contributed by atoms with Crippen LogP contribution in [0.3, 0.4) is 0 Å². The lowest BCUT2D eigenvalue weighted by Crippen LogP contribution is -2.52. The molecule has 1 aliphatic carbocycles. The third-order valence-electron chi connectivity index (χ3n) is 6.95. The molecular weight excluding hydrogens is 398 g/mol. The summed E-state index contributed by atoms with van der Waals surface area (Å²) in [6, 6.07) is 17.1. The summed E-state index contributed by atoms with van der Waals surface area (Å²) in [4.78, 5) is 14.3. The van der Waals surface area contributed by atoms with Crippen molar-refractivity contribution in [1.29, 1.82) is 0 Å². The summed E-state index contributed by atoms with van der Waals surface area (Å²) in [6.45, 7) is 2.46. The fourth-order valence-electron chi connectivity index (χ4n) is 5.47. The minimum atomic E-state index is -0.0286. The first-order chi connectivity index (χ1) is 15.6. The Morgan fingerprint density at radius 2 is 1.97 bits per heavy atom. The van der Waals surface area contributed by atoms with Crippen LogP contribution in [0.5, 0.6) is 5.75 Å². The van der Waals surface area contributed by atoms with Gasteiger partial charge in [-0.3, -0.25) is 4.79 Å². The number of rotatable bonds is 6. The number of carbonyl (C=O) groups is 1. The molecule has 2 atom stereocenters. The van der Waals surface area contributed by atoms with Gasteiger partial charge in [-0.15, -0.1) is 0 Å². The van der Waals surface area contributed by atoms with Crippen LogP contribution in [0, 0.1) is 0 Å². The van der Waals surface area contributed by atoms with E-state index in [-0.39, 0.29) is 23.7 Å². The quantitative estimate of drug-likeness (QED) is 0.754. The van der Waals surface area contributed by atoms with Crippen LogP contribution >= 0.6 is 0 Å². The number of benzene rings is 2. The van der Waals surface area contributed by atoms with Crippen LogP contribution in [0.15, 0.2) is 60.4 Å². The van der Waals surface area contributed by atoms with E-state index in [1.54, 1.807) is 0 Å². The second kappa shape index (κ2) is 8.85. The van der Waals surface area contributed by atoms with Gasteiger partial charge in [0.25, 0.3) is 0 Å². The molecule has 2 heterocycles. The van der Waals surface area contributed by atoms with E-state index in [9.17, 15) is 9.90 Å². The molecule has 2 aliphatic heterocycles. The van der Waals surface area contributed by atoms with E-state index in [1.165, 1.54) is 28.9 Å². The predicted octanol–water partition coefficient (Wildman–Crippen LogP) is 4.02. The monoisotopic (exact) mass is 429 g/mol. The molecule has 166 valence electrons. The van der Waals surface area contributed by atoms with Gasteiger partial charge in [-0.1, -0.05) is 42.8 Å². The van der Waals surface area contributed by atoms with Crippen molar-refractivity contribution in [2.75, 3.05) is 6.54 Å². The van der Waals surface area contributed by atoms with Crippen LogP contribution < -0.4 is 15.2 Å². The Morgan fingerprint density at radius 1 is 1.12 bits per heavy atom. The fraction of sp³-hybridized carbons (Fsp3) is 0.393. The van der Waals surface area contributed by atoms with E-state index in [0.717, 1.165) is 55.2 Å². The van der Waals surface area contributed by atoms with Gasteiger partial charge in [-0.05, 0) is 73.9 Å². The third-order valence-corrected chi connectivity index (χ3v) is 6.95. The van der Waals surface area contributed by atoms with Crippen molar-refractivity contribution in [3.63, 3.8) is 0 Å². The third kappa shape index (κ3) is 4.06. The molecule has 0 bridgehead atoms. The van der Waals surface area contributed by atoms with E-state index < -0.39 is 0 Å². The van der Waals surface area contributed by atoms with E-state index in [2.05, 4.69) is 54.3 Å². The van der Waals surface area contributed by atoms with Gasteiger partial charge in [0.05, 0.1) is 24.4 Å². The first-order valence-corrected chi connectivity index (χ1v) is 11.9. The first kappa shape index (κ1) is 20.9. The number of ketones is 1. The Hall–Kier alpha value is -3.01. The zero-order valence-electron chi connectivity index (χ0n) is 18.7. The van der Waals surface area contributed by atoms with Crippen molar-refractivity contribution in [3.05, 3.63) is 76.4 Å². The number of carbonyl (C=O) groups excluding carboxylic acids is 1. The normalized spacial score (nSPS) is 20.8. The maximum atomic E-state index is 12.2. The summed E-state index contributed by atoms with van der Waals surface area (Å²) in [7, 11) is 0. The smallest absolute Gasteiger partial charge is 0.178 e. The summed E-state index contributed by atoms with van der Waals surface area (Å²) < 4.78 is 6.28. The number of fused-ring (bicyclic) bond motifs is 4. The second-order valence-corrected chi connectivity index (χ2v) is 9.27. The van der Waals surface area contributed by atoms with Gasteiger partial charge in [0.1, 0.15) is 11.5 Å². The van der Waals surface area contributed by atoms with Gasteiger partial charge < -0.3 is 14.7 Å². The summed E-state index contributed by atoms with van der Waals surface area (Å²) in [5.41, 5.74) is 3.55. The topological polar surface area (TPSA) is 49.8 Å². The zero-order valence-corrected chi connectivity index (χ0v) is 18.7. The highest BCUT2D eigenvalue weighted by atomic mass is 16.5. The Kier molecular flexibility index (Phi) is 5.77. The van der Waals surface area contributed by atoms with Crippen molar-refractivity contribution in [3.8, 4) is 5.75 Å². The molecule has 3 aliphatic rings. The summed E-state index contributed by atoms with van der Waals surface area (Å²) >= 11 is 0. The Morgan fingerprint density at radius 3 is 2.81 bits per heavy atom. The van der Waals surface area contributed by atoms with E-state index >= 15 is 0 Å². The first-order valence-electron chi connectivity index (χ1n) is 11.9. The molecule has 0 saturated heterocycles. The van der Waals surface area contributed by atoms with Crippen molar-refractivity contribution < 1.29 is 14.6 Å². The van der Waals surface area contributed by atoms with Crippen LogP contribution in [0.25, 0.3) is 11.3 Å². The van der Waals surface area contributed by atoms with Gasteiger partial charge in [0.2, 0.25) is 0 Å². The summed E-state index contributed by atoms with van der Waals surface area (Å²) in [5, 5.41) is 12.9. The summed E-state index contributed by atoms with van der Waals surface area (Å²) in [6.07, 6.45) is 9.02. The lowest BCUT2D eigenvalue weighted by Gasteiger charge is -2.42. The molecular formula is C28H31NO3. The standard InChI is InChI=1S/C28H31NO3/c1-19(8-7-11-20-9-3-2-4-10-20)32-22-14-15-23-24-12-5-6-13-26(24)29-18-21(30)16-27(31)28(29)25(23)17-22/h2-4,9-10,14-17,19,26,31H,5-8,11-13,18H2,1H3/t19-,26-/m0/s1. The fourth-order valence-corrected chi connectivity index (χ4v) is 5.47. The summed E-state index contributed by atoms with van der Waals surface area (Å²) in [5.74, 6) is 0.877. The molecule has 32 heavy (non-hydrogen) atoms. The highest BCUT2D eigenvalue weighted by Crippen LogP contribution is 2.35. The van der Waals surface area contributed by atoms with Crippen LogP contribution in [-0.2, 0) is 11.2 Å². The van der Waals surface area contributed by atoms with Gasteiger partial charge in [-0.2, -0.15) is 0 Å². The number of aliphatic hydroxyl groups excluding tert-OH is 1. The molecule has 0 unspecified atom stereocenters. The lowest BCUT2D eigenvalue weighted by molar-refractivity contribution is -0.115. The molecule has 1 fully saturated rings. The minimum Gasteiger partial charge on any atom is -0.506 e. The van der Waals surface area contributed by atoms with E-state index in [4.69, 9.17) is 4.74 Å². The van der Waals surface area contributed by atoms with Gasteiger partial charge in [0, 0.05) is 11.3 Å². The molecule has 1 N–H and O–H groups in total. The van der Waals surface area contributed by atoms with Crippen LogP contribution in [0.4, 0.5) is 0 Å². The van der Waals surface area contributed by atoms with Gasteiger partial charge >= 0.3 is 0 Å². The largest absolute Gasteiger partial charge is 0.506 e. The molecule has 2 aromatic rings. The molecule has 4 nitrogen and oxygen atoms in total. The van der Waals surface area contributed by atoms with E-state index in [1.807, 2.05) is 6.07 Å². The average Bonchev–Trinajstić information content (AvgIpc) is 2.79. The Bertz CT molecular complexity index is 1160. The van der Waals surface area contributed by atoms with Crippen LogP contribution in [0.2, 0.25) is 0 Å². The van der Waals surface area contributed by atoms with Crippen molar-refractivity contribution in [2.24, 2.45) is 0 Å². The molecule has 1 saturated carbocycles. The highest BCUT2D eigenvalue weighted by molar-refractivity contribution is 5.97. The SMILES string of the molecule is C[C@@H](CCCc1ccccc1)Oc1ccc2c(c1)=C1C(O)=CC(=O)CN1[C@H]1CCCCC=21. The molecule has 4 heteroatoms. The minimum absolute atomic E-state index is 0.0286. The van der Waals surface area contributed by atoms with Gasteiger partial charge in [0.15, 0.2) is 5.78 Å². The molecule has 0 radical (unpaired) electrons. The number of aryl methyl sites for hydroxylation is 1. The van der Waals surface area contributed by atoms with E-state index in [0.29, 0.717) is 6.54 Å². The molecule has 0 spiro atoms. The average molecular weight is 430 g/mol. The maximum Gasteiger partial charge on any atom is 0.178 e. The number of aliphatic hydroxyl groups is 1. The Balaban J connectivity index is 1.41. The number of ether oxygens (including phenoxy) is 1. The van der Waals surface area contributed by atoms with Gasteiger partial charge in [-0.25, -0.2) is 0 Å². The number of hydrogen-bond acceptors (Lipinski definition) is 4. The number of nitrogens with zero attached hydrogens (tertiary/aromatic N) is 1. The Labute approximate surface area is 189 Å². The highest BCUT2D eigenvalue weighted by Gasteiger charge is 2.35. The predicted molar refractivity (Wildman–Crippen MR) is 127 cm³/mol. The molecule has 5 rings (SSSR count). The zero-order chi connectivity index (χ0) is 22.1. The number of hydrogen-bond donors (Lipinski definition) is 1. The second-order valence-electron chi connectivity index (χ2n) is 9.27. The molecule has 2 aromatic carbocycles. The lowest BCUT2D eigenvalue weighted by atomic mass is 9.83. The maximum absolute atomic E-state index is 12.2. The van der Waals surface area contributed by atoms with Crippen molar-refractivity contribution in [2.45, 2.75) is 64.0 Å².